The fourth-order valence-electron chi connectivity index (χ4n) is 2.23. The summed E-state index contributed by atoms with van der Waals surface area (Å²) in [5.74, 6) is 0.902. The van der Waals surface area contributed by atoms with E-state index in [0.717, 1.165) is 19.4 Å². The average Bonchev–Trinajstić information content (AvgIpc) is 2.36. The van der Waals surface area contributed by atoms with Gasteiger partial charge in [-0.1, -0.05) is 36.8 Å². The van der Waals surface area contributed by atoms with E-state index in [1.807, 2.05) is 7.05 Å². The van der Waals surface area contributed by atoms with Crippen LogP contribution in [0.5, 0.6) is 0 Å². The van der Waals surface area contributed by atoms with Crippen LogP contribution >= 0.6 is 0 Å². The predicted molar refractivity (Wildman–Crippen MR) is 81.2 cm³/mol. The molecule has 1 atom stereocenters. The van der Waals surface area contributed by atoms with E-state index in [1.54, 1.807) is 6.92 Å². The first-order valence-electron chi connectivity index (χ1n) is 6.87. The highest BCUT2D eigenvalue weighted by Gasteiger charge is 2.14. The summed E-state index contributed by atoms with van der Waals surface area (Å²) < 4.78 is 23.2. The lowest BCUT2D eigenvalue weighted by molar-refractivity contribution is 0.478. The lowest BCUT2D eigenvalue weighted by Crippen LogP contribution is -2.24. The monoisotopic (exact) mass is 283 g/mol. The Bertz CT molecular complexity index is 483. The van der Waals surface area contributed by atoms with Gasteiger partial charge in [0.15, 0.2) is 0 Å². The summed E-state index contributed by atoms with van der Waals surface area (Å²) in [6.45, 7) is 4.65. The van der Waals surface area contributed by atoms with E-state index in [9.17, 15) is 8.42 Å². The fourth-order valence-corrected chi connectivity index (χ4v) is 3.21. The molecule has 0 aliphatic heterocycles. The van der Waals surface area contributed by atoms with E-state index in [2.05, 4.69) is 36.5 Å². The molecule has 0 aliphatic rings. The summed E-state index contributed by atoms with van der Waals surface area (Å²) in [6, 6.07) is 8.43. The molecule has 108 valence electrons. The van der Waals surface area contributed by atoms with Gasteiger partial charge in [0, 0.05) is 5.75 Å². The van der Waals surface area contributed by atoms with Crippen molar-refractivity contribution in [3.63, 3.8) is 0 Å². The zero-order valence-electron chi connectivity index (χ0n) is 12.1. The third-order valence-corrected chi connectivity index (χ3v) is 5.11. The number of aryl methyl sites for hydroxylation is 1. The summed E-state index contributed by atoms with van der Waals surface area (Å²) in [4.78, 5) is 0. The van der Waals surface area contributed by atoms with E-state index >= 15 is 0 Å². The molecule has 0 amide bonds. The second kappa shape index (κ2) is 7.65. The third kappa shape index (κ3) is 6.21. The van der Waals surface area contributed by atoms with E-state index in [-0.39, 0.29) is 5.75 Å². The predicted octanol–water partition coefficient (Wildman–Crippen LogP) is 2.20. The maximum atomic E-state index is 11.6. The van der Waals surface area contributed by atoms with E-state index in [4.69, 9.17) is 0 Å². The van der Waals surface area contributed by atoms with Crippen molar-refractivity contribution in [2.24, 2.45) is 5.92 Å². The van der Waals surface area contributed by atoms with Gasteiger partial charge < -0.3 is 5.32 Å². The molecule has 0 spiro atoms. The molecule has 1 aromatic rings. The van der Waals surface area contributed by atoms with Crippen LogP contribution < -0.4 is 5.32 Å². The van der Waals surface area contributed by atoms with E-state index in [0.29, 0.717) is 11.7 Å². The lowest BCUT2D eigenvalue weighted by atomic mass is 9.96. The van der Waals surface area contributed by atoms with Gasteiger partial charge in [0.25, 0.3) is 0 Å². The maximum absolute atomic E-state index is 11.6. The molecule has 19 heavy (non-hydrogen) atoms. The minimum absolute atomic E-state index is 0.240. The Hall–Kier alpha value is -0.870. The minimum Gasteiger partial charge on any atom is -0.319 e. The number of rotatable bonds is 8. The molecule has 0 aliphatic carbocycles. The lowest BCUT2D eigenvalue weighted by Gasteiger charge is -2.16. The Balaban J connectivity index is 2.62. The first-order valence-corrected chi connectivity index (χ1v) is 8.69. The molecule has 0 fully saturated rings. The summed E-state index contributed by atoms with van der Waals surface area (Å²) in [6.07, 6.45) is 1.66. The van der Waals surface area contributed by atoms with Gasteiger partial charge in [0.05, 0.1) is 5.75 Å². The van der Waals surface area contributed by atoms with Crippen LogP contribution in [0.25, 0.3) is 0 Å². The molecule has 0 saturated heterocycles. The summed E-state index contributed by atoms with van der Waals surface area (Å²) in [7, 11) is -0.947. The van der Waals surface area contributed by atoms with Gasteiger partial charge in [-0.25, -0.2) is 8.42 Å². The summed E-state index contributed by atoms with van der Waals surface area (Å²) in [5.41, 5.74) is 2.54. The first-order chi connectivity index (χ1) is 8.96. The van der Waals surface area contributed by atoms with Crippen LogP contribution in [-0.2, 0) is 16.3 Å². The Labute approximate surface area is 117 Å². The molecule has 0 aromatic heterocycles. The zero-order chi connectivity index (χ0) is 14.3. The van der Waals surface area contributed by atoms with Crippen molar-refractivity contribution in [1.82, 2.24) is 5.32 Å². The number of sulfone groups is 1. The number of benzene rings is 1. The van der Waals surface area contributed by atoms with Crippen LogP contribution in [0.1, 0.15) is 24.5 Å². The Morgan fingerprint density at radius 3 is 2.63 bits per heavy atom. The molecule has 1 rings (SSSR count). The normalized spacial score (nSPS) is 13.4. The van der Waals surface area contributed by atoms with Crippen molar-refractivity contribution in [1.29, 1.82) is 0 Å². The molecule has 0 radical (unpaired) electrons. The highest BCUT2D eigenvalue weighted by Crippen LogP contribution is 2.14. The molecule has 1 aromatic carbocycles. The van der Waals surface area contributed by atoms with Crippen molar-refractivity contribution in [3.8, 4) is 0 Å². The van der Waals surface area contributed by atoms with Gasteiger partial charge in [-0.15, -0.1) is 0 Å². The smallest absolute Gasteiger partial charge is 0.150 e. The first kappa shape index (κ1) is 16.2. The molecule has 1 unspecified atom stereocenters. The average molecular weight is 283 g/mol. The maximum Gasteiger partial charge on any atom is 0.150 e. The molecule has 0 heterocycles. The number of hydrogen-bond donors (Lipinski definition) is 1. The van der Waals surface area contributed by atoms with Crippen molar-refractivity contribution in [2.45, 2.75) is 26.7 Å². The fraction of sp³-hybridized carbons (Fsp3) is 0.600. The Morgan fingerprint density at radius 1 is 1.32 bits per heavy atom. The second-order valence-corrected chi connectivity index (χ2v) is 7.61. The van der Waals surface area contributed by atoms with E-state index < -0.39 is 9.84 Å². The van der Waals surface area contributed by atoms with Gasteiger partial charge in [0.1, 0.15) is 9.84 Å². The van der Waals surface area contributed by atoms with Gasteiger partial charge in [0.2, 0.25) is 0 Å². The number of hydrogen-bond acceptors (Lipinski definition) is 3. The molecule has 0 bridgehead atoms. The van der Waals surface area contributed by atoms with Crippen LogP contribution in [0.3, 0.4) is 0 Å². The molecular weight excluding hydrogens is 258 g/mol. The van der Waals surface area contributed by atoms with Gasteiger partial charge in [-0.05, 0) is 44.8 Å². The SMILES string of the molecule is CCS(=O)(=O)CCC(CNC)Cc1cccc(C)c1. The topological polar surface area (TPSA) is 46.2 Å². The molecular formula is C15H25NO2S. The van der Waals surface area contributed by atoms with Gasteiger partial charge >= 0.3 is 0 Å². The quantitative estimate of drug-likeness (QED) is 0.795. The van der Waals surface area contributed by atoms with Crippen molar-refractivity contribution in [2.75, 3.05) is 25.1 Å². The van der Waals surface area contributed by atoms with Crippen LogP contribution in [0.15, 0.2) is 24.3 Å². The molecule has 4 heteroatoms. The van der Waals surface area contributed by atoms with Gasteiger partial charge in [-0.2, -0.15) is 0 Å². The minimum atomic E-state index is -2.86. The van der Waals surface area contributed by atoms with Crippen LogP contribution in [0.2, 0.25) is 0 Å². The molecule has 1 N–H and O–H groups in total. The highest BCUT2D eigenvalue weighted by atomic mass is 32.2. The Morgan fingerprint density at radius 2 is 2.05 bits per heavy atom. The standard InChI is InChI=1S/C15H25NO2S/c1-4-19(17,18)9-8-15(12-16-3)11-14-7-5-6-13(2)10-14/h5-7,10,15-16H,4,8-9,11-12H2,1-3H3. The molecule has 3 nitrogen and oxygen atoms in total. The largest absolute Gasteiger partial charge is 0.319 e. The molecule has 0 saturated carbocycles. The zero-order valence-corrected chi connectivity index (χ0v) is 13.0. The van der Waals surface area contributed by atoms with Crippen LogP contribution in [-0.4, -0.2) is 33.5 Å². The van der Waals surface area contributed by atoms with Gasteiger partial charge in [-0.3, -0.25) is 0 Å². The Kier molecular flexibility index (Phi) is 6.52. The van der Waals surface area contributed by atoms with Crippen molar-refractivity contribution in [3.05, 3.63) is 35.4 Å². The van der Waals surface area contributed by atoms with E-state index in [1.165, 1.54) is 11.1 Å². The van der Waals surface area contributed by atoms with Crippen molar-refractivity contribution < 1.29 is 8.42 Å². The second-order valence-electron chi connectivity index (χ2n) is 5.14. The van der Waals surface area contributed by atoms with Crippen molar-refractivity contribution >= 4 is 9.84 Å². The van der Waals surface area contributed by atoms with Crippen LogP contribution in [0, 0.1) is 12.8 Å². The van der Waals surface area contributed by atoms with Crippen LogP contribution in [0.4, 0.5) is 0 Å². The third-order valence-electron chi connectivity index (χ3n) is 3.38. The summed E-state index contributed by atoms with van der Waals surface area (Å²) in [5, 5.41) is 3.16. The summed E-state index contributed by atoms with van der Waals surface area (Å²) >= 11 is 0. The number of nitrogens with one attached hydrogen (secondary N) is 1. The highest BCUT2D eigenvalue weighted by molar-refractivity contribution is 7.91.